The van der Waals surface area contributed by atoms with Crippen LogP contribution in [0, 0.1) is 5.92 Å². The molecule has 84 valence electrons. The zero-order chi connectivity index (χ0) is 11.3. The van der Waals surface area contributed by atoms with Crippen LogP contribution in [-0.4, -0.2) is 31.2 Å². The minimum atomic E-state index is -0.331. The maximum Gasteiger partial charge on any atom is 0.280 e. The highest BCUT2D eigenvalue weighted by atomic mass is 16.3. The highest BCUT2D eigenvalue weighted by molar-refractivity contribution is 5.70. The number of H-pyrrole nitrogens is 1. The SMILES string of the molecule is Nc1nc2c(ncn2[C@@H]2C[C@@H]2CO)c(=O)[nH]1. The summed E-state index contributed by atoms with van der Waals surface area (Å²) in [4.78, 5) is 22.0. The Hall–Kier alpha value is -1.89. The third-order valence-corrected chi connectivity index (χ3v) is 2.93. The lowest BCUT2D eigenvalue weighted by Crippen LogP contribution is -2.12. The van der Waals surface area contributed by atoms with Crippen LogP contribution in [-0.2, 0) is 0 Å². The summed E-state index contributed by atoms with van der Waals surface area (Å²) >= 11 is 0. The number of nitrogens with one attached hydrogen (secondary N) is 1. The fourth-order valence-corrected chi connectivity index (χ4v) is 1.95. The normalized spacial score (nSPS) is 23.8. The molecule has 2 aromatic rings. The monoisotopic (exact) mass is 221 g/mol. The molecule has 0 radical (unpaired) electrons. The van der Waals surface area contributed by atoms with Crippen molar-refractivity contribution in [2.75, 3.05) is 12.3 Å². The van der Waals surface area contributed by atoms with E-state index in [1.54, 1.807) is 6.33 Å². The largest absolute Gasteiger partial charge is 0.396 e. The summed E-state index contributed by atoms with van der Waals surface area (Å²) in [6, 6.07) is 0.184. The molecule has 2 aromatic heterocycles. The number of aromatic amines is 1. The summed E-state index contributed by atoms with van der Waals surface area (Å²) in [5.41, 5.74) is 5.93. The number of hydrogen-bond donors (Lipinski definition) is 3. The number of aromatic nitrogens is 4. The van der Waals surface area contributed by atoms with Crippen molar-refractivity contribution in [3.63, 3.8) is 0 Å². The van der Waals surface area contributed by atoms with E-state index in [1.165, 1.54) is 0 Å². The van der Waals surface area contributed by atoms with Crippen molar-refractivity contribution < 1.29 is 5.11 Å². The second-order valence-electron chi connectivity index (χ2n) is 4.02. The van der Waals surface area contributed by atoms with Gasteiger partial charge in [0.05, 0.1) is 6.33 Å². The van der Waals surface area contributed by atoms with Gasteiger partial charge in [-0.2, -0.15) is 4.98 Å². The molecular weight excluding hydrogens is 210 g/mol. The summed E-state index contributed by atoms with van der Waals surface area (Å²) in [6.45, 7) is 0.142. The summed E-state index contributed by atoms with van der Waals surface area (Å²) in [5.74, 6) is 0.320. The molecule has 2 heterocycles. The topological polar surface area (TPSA) is 110 Å². The van der Waals surface area contributed by atoms with Crippen LogP contribution in [0.5, 0.6) is 0 Å². The van der Waals surface area contributed by atoms with Gasteiger partial charge in [-0.15, -0.1) is 0 Å². The molecule has 0 spiro atoms. The van der Waals surface area contributed by atoms with Gasteiger partial charge in [0.2, 0.25) is 5.95 Å². The molecule has 1 saturated carbocycles. The number of aliphatic hydroxyl groups is 1. The number of rotatable bonds is 2. The van der Waals surface area contributed by atoms with Crippen LogP contribution in [0.15, 0.2) is 11.1 Å². The van der Waals surface area contributed by atoms with E-state index < -0.39 is 0 Å². The van der Waals surface area contributed by atoms with E-state index in [-0.39, 0.29) is 35.6 Å². The molecule has 2 atom stereocenters. The van der Waals surface area contributed by atoms with Crippen LogP contribution in [0.3, 0.4) is 0 Å². The van der Waals surface area contributed by atoms with Crippen molar-refractivity contribution in [2.24, 2.45) is 5.92 Å². The Morgan fingerprint density at radius 3 is 3.19 bits per heavy atom. The van der Waals surface area contributed by atoms with E-state index in [4.69, 9.17) is 10.8 Å². The Kier molecular flexibility index (Phi) is 1.78. The number of nitrogens with two attached hydrogens (primary N) is 1. The van der Waals surface area contributed by atoms with Gasteiger partial charge in [-0.05, 0) is 6.42 Å². The molecule has 3 rings (SSSR count). The van der Waals surface area contributed by atoms with Crippen molar-refractivity contribution in [3.05, 3.63) is 16.7 Å². The maximum atomic E-state index is 11.5. The number of nitrogen functional groups attached to an aromatic ring is 1. The third-order valence-electron chi connectivity index (χ3n) is 2.93. The molecule has 0 aromatic carbocycles. The van der Waals surface area contributed by atoms with E-state index in [1.807, 2.05) is 4.57 Å². The van der Waals surface area contributed by atoms with Gasteiger partial charge in [-0.25, -0.2) is 4.98 Å². The quantitative estimate of drug-likeness (QED) is 0.618. The lowest BCUT2D eigenvalue weighted by atomic mass is 10.4. The smallest absolute Gasteiger partial charge is 0.280 e. The van der Waals surface area contributed by atoms with Crippen LogP contribution >= 0.6 is 0 Å². The summed E-state index contributed by atoms with van der Waals surface area (Å²) in [7, 11) is 0. The van der Waals surface area contributed by atoms with Crippen molar-refractivity contribution in [2.45, 2.75) is 12.5 Å². The predicted octanol–water partition coefficient (Wildman–Crippen LogP) is -0.745. The summed E-state index contributed by atoms with van der Waals surface area (Å²) < 4.78 is 1.81. The van der Waals surface area contributed by atoms with Crippen LogP contribution in [0.25, 0.3) is 11.2 Å². The molecule has 4 N–H and O–H groups in total. The minimum absolute atomic E-state index is 0.0837. The number of hydrogen-bond acceptors (Lipinski definition) is 5. The Balaban J connectivity index is 2.17. The maximum absolute atomic E-state index is 11.5. The van der Waals surface area contributed by atoms with Crippen LogP contribution < -0.4 is 11.3 Å². The van der Waals surface area contributed by atoms with Crippen LogP contribution in [0.2, 0.25) is 0 Å². The predicted molar refractivity (Wildman–Crippen MR) is 56.8 cm³/mol. The van der Waals surface area contributed by atoms with Gasteiger partial charge in [0, 0.05) is 18.6 Å². The van der Waals surface area contributed by atoms with Gasteiger partial charge < -0.3 is 15.4 Å². The van der Waals surface area contributed by atoms with Crippen molar-refractivity contribution in [3.8, 4) is 0 Å². The number of fused-ring (bicyclic) bond motifs is 1. The van der Waals surface area contributed by atoms with Crippen molar-refractivity contribution >= 4 is 17.1 Å². The molecule has 1 fully saturated rings. The molecule has 1 aliphatic rings. The van der Waals surface area contributed by atoms with Gasteiger partial charge in [0.25, 0.3) is 5.56 Å². The van der Waals surface area contributed by atoms with E-state index in [9.17, 15) is 4.79 Å². The van der Waals surface area contributed by atoms with Gasteiger partial charge in [0.15, 0.2) is 11.2 Å². The molecule has 0 aliphatic heterocycles. The Morgan fingerprint density at radius 1 is 1.69 bits per heavy atom. The second kappa shape index (κ2) is 3.05. The Labute approximate surface area is 89.9 Å². The molecule has 16 heavy (non-hydrogen) atoms. The molecule has 0 amide bonds. The average molecular weight is 221 g/mol. The summed E-state index contributed by atoms with van der Waals surface area (Å²) in [5, 5.41) is 9.01. The highest BCUT2D eigenvalue weighted by Gasteiger charge is 2.39. The van der Waals surface area contributed by atoms with Gasteiger partial charge in [0.1, 0.15) is 0 Å². The van der Waals surface area contributed by atoms with Crippen molar-refractivity contribution in [1.29, 1.82) is 0 Å². The number of imidazole rings is 1. The number of anilines is 1. The fourth-order valence-electron chi connectivity index (χ4n) is 1.95. The Bertz CT molecular complexity index is 601. The minimum Gasteiger partial charge on any atom is -0.396 e. The summed E-state index contributed by atoms with van der Waals surface area (Å²) in [6.07, 6.45) is 2.46. The van der Waals surface area contributed by atoms with E-state index in [0.717, 1.165) is 6.42 Å². The zero-order valence-corrected chi connectivity index (χ0v) is 8.42. The van der Waals surface area contributed by atoms with Crippen molar-refractivity contribution in [1.82, 2.24) is 19.5 Å². The molecule has 7 nitrogen and oxygen atoms in total. The molecular formula is C9H11N5O2. The standard InChI is InChI=1S/C9H11N5O2/c10-9-12-7-6(8(16)13-9)11-3-14(7)5-1-4(5)2-15/h3-5,15H,1-2H2,(H3,10,12,13,16)/t4-,5-/m1/s1. The molecule has 7 heteroatoms. The first-order valence-electron chi connectivity index (χ1n) is 5.04. The third kappa shape index (κ3) is 1.21. The fraction of sp³-hybridized carbons (Fsp3) is 0.444. The lowest BCUT2D eigenvalue weighted by Gasteiger charge is -2.01. The van der Waals surface area contributed by atoms with E-state index in [2.05, 4.69) is 15.0 Å². The number of nitrogens with zero attached hydrogens (tertiary/aromatic N) is 3. The van der Waals surface area contributed by atoms with E-state index in [0.29, 0.717) is 5.65 Å². The first-order chi connectivity index (χ1) is 7.70. The van der Waals surface area contributed by atoms with E-state index >= 15 is 0 Å². The first-order valence-corrected chi connectivity index (χ1v) is 5.04. The van der Waals surface area contributed by atoms with Crippen LogP contribution in [0.1, 0.15) is 12.5 Å². The Morgan fingerprint density at radius 2 is 2.50 bits per heavy atom. The van der Waals surface area contributed by atoms with Gasteiger partial charge >= 0.3 is 0 Å². The number of aliphatic hydroxyl groups excluding tert-OH is 1. The zero-order valence-electron chi connectivity index (χ0n) is 8.42. The van der Waals surface area contributed by atoms with Gasteiger partial charge in [-0.3, -0.25) is 9.78 Å². The first kappa shape index (κ1) is 9.34. The highest BCUT2D eigenvalue weighted by Crippen LogP contribution is 2.43. The second-order valence-corrected chi connectivity index (χ2v) is 4.02. The molecule has 0 bridgehead atoms. The molecule has 1 aliphatic carbocycles. The molecule has 0 unspecified atom stereocenters. The lowest BCUT2D eigenvalue weighted by molar-refractivity contribution is 0.269. The van der Waals surface area contributed by atoms with Gasteiger partial charge in [-0.1, -0.05) is 0 Å². The van der Waals surface area contributed by atoms with Crippen LogP contribution in [0.4, 0.5) is 5.95 Å². The molecule has 0 saturated heterocycles. The average Bonchev–Trinajstić information content (AvgIpc) is 2.91.